The van der Waals surface area contributed by atoms with E-state index in [-0.39, 0.29) is 12.1 Å². The summed E-state index contributed by atoms with van der Waals surface area (Å²) in [6.45, 7) is 6.65. The Bertz CT molecular complexity index is 1510. The van der Waals surface area contributed by atoms with Gasteiger partial charge in [-0.3, -0.25) is 4.98 Å². The van der Waals surface area contributed by atoms with Gasteiger partial charge in [0.05, 0.1) is 30.9 Å². The zero-order valence-corrected chi connectivity index (χ0v) is 22.6. The number of hydrogen-bond acceptors (Lipinski definition) is 6. The third-order valence-electron chi connectivity index (χ3n) is 7.21. The van der Waals surface area contributed by atoms with Gasteiger partial charge in [0.15, 0.2) is 0 Å². The Hall–Kier alpha value is -4.57. The van der Waals surface area contributed by atoms with Crippen molar-refractivity contribution in [3.05, 3.63) is 78.5 Å². The van der Waals surface area contributed by atoms with Crippen molar-refractivity contribution in [2.45, 2.75) is 26.3 Å². The fraction of sp³-hybridized carbons (Fsp3) is 0.281. The van der Waals surface area contributed by atoms with Crippen LogP contribution in [-0.4, -0.2) is 55.4 Å². The molecule has 39 heavy (non-hydrogen) atoms. The monoisotopic (exact) mass is 520 g/mol. The van der Waals surface area contributed by atoms with Gasteiger partial charge in [0.1, 0.15) is 5.75 Å². The molecule has 0 bridgehead atoms. The van der Waals surface area contributed by atoms with E-state index < -0.39 is 0 Å². The molecule has 1 aliphatic heterocycles. The summed E-state index contributed by atoms with van der Waals surface area (Å²) < 4.78 is 11.3. The Morgan fingerprint density at radius 3 is 2.41 bits per heavy atom. The van der Waals surface area contributed by atoms with Crippen molar-refractivity contribution in [1.82, 2.24) is 9.88 Å². The summed E-state index contributed by atoms with van der Waals surface area (Å²) in [6.07, 6.45) is 2.46. The number of nitrogens with zero attached hydrogens (tertiary/aromatic N) is 4. The molecule has 2 heterocycles. The van der Waals surface area contributed by atoms with Gasteiger partial charge >= 0.3 is 6.09 Å². The Balaban J connectivity index is 1.39. The maximum Gasteiger partial charge on any atom is 0.410 e. The van der Waals surface area contributed by atoms with E-state index in [2.05, 4.69) is 42.2 Å². The zero-order chi connectivity index (χ0) is 27.4. The molecule has 4 aromatic rings. The highest BCUT2D eigenvalue weighted by Gasteiger charge is 2.28. The first-order chi connectivity index (χ1) is 19.0. The predicted octanol–water partition coefficient (Wildman–Crippen LogP) is 6.51. The molecule has 0 spiro atoms. The Kier molecular flexibility index (Phi) is 7.64. The summed E-state index contributed by atoms with van der Waals surface area (Å²) in [5.74, 6) is 0.774. The highest BCUT2D eigenvalue weighted by Crippen LogP contribution is 2.39. The molecule has 1 fully saturated rings. The summed E-state index contributed by atoms with van der Waals surface area (Å²) >= 11 is 0. The number of ether oxygens (including phenoxy) is 2. The maximum atomic E-state index is 12.3. The lowest BCUT2D eigenvalue weighted by Crippen LogP contribution is -2.54. The van der Waals surface area contributed by atoms with Crippen LogP contribution in [0, 0.1) is 11.3 Å². The molecule has 3 aromatic carbocycles. The fourth-order valence-electron chi connectivity index (χ4n) is 5.17. The third kappa shape index (κ3) is 5.23. The first kappa shape index (κ1) is 26.1. The van der Waals surface area contributed by atoms with Crippen LogP contribution < -0.4 is 9.64 Å². The first-order valence-electron chi connectivity index (χ1n) is 13.3. The molecule has 0 radical (unpaired) electrons. The number of anilines is 1. The third-order valence-corrected chi connectivity index (χ3v) is 7.21. The number of carbonyl (C=O) groups excluding carboxylic acids is 1. The van der Waals surface area contributed by atoms with Crippen LogP contribution in [-0.2, 0) is 4.74 Å². The lowest BCUT2D eigenvalue weighted by atomic mass is 9.98. The van der Waals surface area contributed by atoms with Gasteiger partial charge in [-0.1, -0.05) is 43.3 Å². The Labute approximate surface area is 229 Å². The Morgan fingerprint density at radius 1 is 1.03 bits per heavy atom. The van der Waals surface area contributed by atoms with Gasteiger partial charge in [0.2, 0.25) is 0 Å². The van der Waals surface area contributed by atoms with E-state index in [1.165, 1.54) is 0 Å². The largest absolute Gasteiger partial charge is 0.495 e. The lowest BCUT2D eigenvalue weighted by molar-refractivity contribution is 0.0850. The van der Waals surface area contributed by atoms with E-state index in [9.17, 15) is 4.79 Å². The molecule has 7 heteroatoms. The van der Waals surface area contributed by atoms with E-state index in [1.807, 2.05) is 60.5 Å². The van der Waals surface area contributed by atoms with Gasteiger partial charge in [0.25, 0.3) is 0 Å². The van der Waals surface area contributed by atoms with Crippen LogP contribution >= 0.6 is 0 Å². The van der Waals surface area contributed by atoms with Crippen molar-refractivity contribution >= 4 is 22.7 Å². The summed E-state index contributed by atoms with van der Waals surface area (Å²) in [5.41, 5.74) is 6.52. The molecule has 1 saturated heterocycles. The van der Waals surface area contributed by atoms with E-state index >= 15 is 0 Å². The maximum absolute atomic E-state index is 12.3. The second-order valence-corrected chi connectivity index (χ2v) is 9.75. The smallest absolute Gasteiger partial charge is 0.410 e. The lowest BCUT2D eigenvalue weighted by Gasteiger charge is -2.40. The second-order valence-electron chi connectivity index (χ2n) is 9.75. The van der Waals surface area contributed by atoms with Crippen LogP contribution in [0.3, 0.4) is 0 Å². The number of hydrogen-bond donors (Lipinski definition) is 0. The molecule has 1 aliphatic rings. The van der Waals surface area contributed by atoms with Crippen LogP contribution in [0.1, 0.15) is 25.8 Å². The summed E-state index contributed by atoms with van der Waals surface area (Å²) in [5, 5.41) is 10.1. The minimum atomic E-state index is -0.224. The highest BCUT2D eigenvalue weighted by molar-refractivity contribution is 6.00. The van der Waals surface area contributed by atoms with Crippen molar-refractivity contribution in [3.8, 4) is 34.1 Å². The van der Waals surface area contributed by atoms with E-state index in [0.29, 0.717) is 18.7 Å². The Morgan fingerprint density at radius 2 is 1.74 bits per heavy atom. The van der Waals surface area contributed by atoms with Crippen molar-refractivity contribution in [3.63, 3.8) is 0 Å². The quantitative estimate of drug-likeness (QED) is 0.289. The number of rotatable bonds is 6. The van der Waals surface area contributed by atoms with Crippen LogP contribution in [0.15, 0.2) is 72.9 Å². The standard InChI is InChI=1S/C32H32N4O3/c1-4-18-39-32(37)36-17-16-35(21-22(36)2)26-14-12-25(13-15-26)29-20-34-30-27(6-5-7-28(30)31(29)38-3)24-10-8-23(19-33)9-11-24/h5-15,20,22H,4,16-18,21H2,1-3H3/t22-/m0/s1. The minimum Gasteiger partial charge on any atom is -0.495 e. The number of carbonyl (C=O) groups is 1. The predicted molar refractivity (Wildman–Crippen MR) is 154 cm³/mol. The molecule has 0 unspecified atom stereocenters. The van der Waals surface area contributed by atoms with Gasteiger partial charge in [0, 0.05) is 54.1 Å². The summed E-state index contributed by atoms with van der Waals surface area (Å²) in [4.78, 5) is 21.3. The molecule has 7 nitrogen and oxygen atoms in total. The van der Waals surface area contributed by atoms with Gasteiger partial charge in [-0.25, -0.2) is 4.79 Å². The molecular weight excluding hydrogens is 488 g/mol. The van der Waals surface area contributed by atoms with E-state index in [0.717, 1.165) is 64.1 Å². The van der Waals surface area contributed by atoms with Gasteiger partial charge in [-0.2, -0.15) is 5.26 Å². The molecule has 1 amide bonds. The van der Waals surface area contributed by atoms with Gasteiger partial charge in [-0.15, -0.1) is 0 Å². The topological polar surface area (TPSA) is 78.7 Å². The number of piperazine rings is 1. The van der Waals surface area contributed by atoms with Crippen molar-refractivity contribution in [1.29, 1.82) is 5.26 Å². The van der Waals surface area contributed by atoms with Crippen LogP contribution in [0.25, 0.3) is 33.2 Å². The number of methoxy groups -OCH3 is 1. The highest BCUT2D eigenvalue weighted by atomic mass is 16.6. The molecular formula is C32H32N4O3. The fourth-order valence-corrected chi connectivity index (χ4v) is 5.17. The van der Waals surface area contributed by atoms with Crippen LogP contribution in [0.4, 0.5) is 10.5 Å². The van der Waals surface area contributed by atoms with E-state index in [1.54, 1.807) is 7.11 Å². The van der Waals surface area contributed by atoms with Crippen molar-refractivity contribution < 1.29 is 14.3 Å². The average molecular weight is 521 g/mol. The molecule has 1 atom stereocenters. The number of aromatic nitrogens is 1. The van der Waals surface area contributed by atoms with Gasteiger partial charge < -0.3 is 19.3 Å². The zero-order valence-electron chi connectivity index (χ0n) is 22.6. The normalized spacial score (nSPS) is 15.2. The van der Waals surface area contributed by atoms with Crippen molar-refractivity contribution in [2.24, 2.45) is 0 Å². The summed E-state index contributed by atoms with van der Waals surface area (Å²) in [6, 6.07) is 24.3. The minimum absolute atomic E-state index is 0.0675. The van der Waals surface area contributed by atoms with Gasteiger partial charge in [-0.05, 0) is 54.8 Å². The van der Waals surface area contributed by atoms with Crippen molar-refractivity contribution in [2.75, 3.05) is 38.3 Å². The van der Waals surface area contributed by atoms with Crippen LogP contribution in [0.5, 0.6) is 5.75 Å². The molecule has 0 saturated carbocycles. The molecule has 0 aliphatic carbocycles. The molecule has 5 rings (SSSR count). The van der Waals surface area contributed by atoms with Crippen LogP contribution in [0.2, 0.25) is 0 Å². The molecule has 198 valence electrons. The first-order valence-corrected chi connectivity index (χ1v) is 13.3. The number of fused-ring (bicyclic) bond motifs is 1. The number of nitriles is 1. The SMILES string of the molecule is CCCOC(=O)N1CCN(c2ccc(-c3cnc4c(-c5ccc(C#N)cc5)cccc4c3OC)cc2)C[C@@H]1C. The number of benzene rings is 3. The number of pyridine rings is 1. The second kappa shape index (κ2) is 11.4. The number of para-hydroxylation sites is 1. The van der Waals surface area contributed by atoms with E-state index in [4.69, 9.17) is 19.7 Å². The number of amides is 1. The molecule has 0 N–H and O–H groups in total. The molecule has 1 aromatic heterocycles. The summed E-state index contributed by atoms with van der Waals surface area (Å²) in [7, 11) is 1.69. The average Bonchev–Trinajstić information content (AvgIpc) is 2.99.